The van der Waals surface area contributed by atoms with Crippen molar-refractivity contribution in [3.8, 4) is 68.5 Å². The topological polar surface area (TPSA) is 179 Å². The summed E-state index contributed by atoms with van der Waals surface area (Å²) < 4.78 is 47.4. The number of isothiocyanates is 1. The zero-order valence-corrected chi connectivity index (χ0v) is 36.8. The predicted octanol–water partition coefficient (Wildman–Crippen LogP) is 9.46. The molecule has 0 unspecified atom stereocenters. The smallest absolute Gasteiger partial charge is 0.753 e. The molecule has 0 atom stereocenters. The number of nitrogens with zero attached hydrogens (tertiary/aromatic N) is 9. The Kier molecular flexibility index (Phi) is 19.0. The summed E-state index contributed by atoms with van der Waals surface area (Å²) in [7, 11) is 0. The number of ether oxygens (including phenoxy) is 2. The minimum Gasteiger partial charge on any atom is -0.753 e. The van der Waals surface area contributed by atoms with E-state index in [0.717, 1.165) is 44.7 Å². The van der Waals surface area contributed by atoms with Crippen molar-refractivity contribution >= 4 is 53.0 Å². The number of hydrogen-bond donors (Lipinski definition) is 0. The molecular weight excluding hydrogens is 949 g/mol. The molecule has 62 heavy (non-hydrogen) atoms. The number of thiocarbonyl (C=S) groups is 1. The second-order valence-corrected chi connectivity index (χ2v) is 14.8. The van der Waals surface area contributed by atoms with E-state index in [9.17, 15) is 22.8 Å². The fraction of sp³-hybridized carbons (Fsp3) is 0.190. The van der Waals surface area contributed by atoms with E-state index in [1.807, 2.05) is 25.1 Å². The second-order valence-electron chi connectivity index (χ2n) is 12.4. The van der Waals surface area contributed by atoms with Gasteiger partial charge in [-0.3, -0.25) is 24.5 Å². The van der Waals surface area contributed by atoms with E-state index in [0.29, 0.717) is 23.6 Å². The molecule has 316 valence electrons. The van der Waals surface area contributed by atoms with Crippen LogP contribution in [0.1, 0.15) is 59.2 Å². The van der Waals surface area contributed by atoms with Crippen molar-refractivity contribution in [2.45, 2.75) is 52.1 Å². The minimum atomic E-state index is -4.49. The third-order valence-corrected chi connectivity index (χ3v) is 10.1. The summed E-state index contributed by atoms with van der Waals surface area (Å²) in [6.07, 6.45) is 5.98. The Labute approximate surface area is 379 Å². The first-order chi connectivity index (χ1) is 29.5. The average Bonchev–Trinajstić information content (AvgIpc) is 4.05. The maximum Gasteiger partial charge on any atom is 2.00 e. The molecule has 0 aliphatic carbocycles. The molecule has 0 saturated carbocycles. The maximum atomic E-state index is 12.5. The largest absolute Gasteiger partial charge is 2.00 e. The van der Waals surface area contributed by atoms with Gasteiger partial charge in [-0.25, -0.2) is 4.98 Å². The molecule has 0 aliphatic rings. The Balaban J connectivity index is 0.000000285. The number of unbranched alkanes of at least 4 members (excludes halogenated alkanes) is 3. The number of halogens is 3. The molecule has 7 heterocycles. The second kappa shape index (κ2) is 24.3. The van der Waals surface area contributed by atoms with Crippen LogP contribution in [0.25, 0.3) is 50.3 Å². The van der Waals surface area contributed by atoms with Crippen LogP contribution in [0.2, 0.25) is 0 Å². The number of aromatic nitrogens is 8. The Hall–Kier alpha value is -6.22. The van der Waals surface area contributed by atoms with Crippen LogP contribution in [0.3, 0.4) is 0 Å². The molecule has 20 heteroatoms. The number of aryl methyl sites for hydroxylation is 2. The maximum absolute atomic E-state index is 12.5. The first-order valence-corrected chi connectivity index (χ1v) is 20.3. The molecule has 0 aromatic carbocycles. The van der Waals surface area contributed by atoms with Crippen LogP contribution in [0.4, 0.5) is 13.2 Å². The normalized spacial score (nSPS) is 10.3. The number of carbonyl (C=O) groups is 2. The molecule has 0 radical (unpaired) electrons. The van der Waals surface area contributed by atoms with Crippen LogP contribution >= 0.6 is 34.9 Å². The molecule has 0 bridgehead atoms. The molecular formula is C42H32F3N9O4RuS3. The van der Waals surface area contributed by atoms with Crippen molar-refractivity contribution in [2.24, 2.45) is 0 Å². The number of carbonyl (C=O) groups excluding carboxylic acids is 2. The summed E-state index contributed by atoms with van der Waals surface area (Å²) >= 11 is 6.94. The minimum absolute atomic E-state index is 0. The van der Waals surface area contributed by atoms with Crippen molar-refractivity contribution < 1.29 is 51.7 Å². The van der Waals surface area contributed by atoms with Crippen molar-refractivity contribution in [3.05, 3.63) is 117 Å². The van der Waals surface area contributed by atoms with Gasteiger partial charge in [-0.1, -0.05) is 55.9 Å². The van der Waals surface area contributed by atoms with Gasteiger partial charge in [0.05, 0.1) is 10.6 Å². The van der Waals surface area contributed by atoms with Crippen LogP contribution in [-0.2, 0) is 41.7 Å². The SMILES string of the molecule is CCCCCCc1ccsc1C#Cc1ccnc(-c2nc(OC=O)nc(-c3cc(OC=O)ccn3)n2)c1.Cc1ccc(-c2ccnc(-c3cc(C(F)(F)F)n[n-]3)c2)s1.[N-]=C=S.[Ru+2]. The molecule has 7 rings (SSSR count). The van der Waals surface area contributed by atoms with E-state index >= 15 is 0 Å². The van der Waals surface area contributed by atoms with Gasteiger partial charge in [0.15, 0.2) is 11.6 Å². The third kappa shape index (κ3) is 14.2. The van der Waals surface area contributed by atoms with Gasteiger partial charge >= 0.3 is 38.1 Å². The number of thiophene rings is 2. The van der Waals surface area contributed by atoms with Crippen LogP contribution in [0, 0.1) is 18.8 Å². The fourth-order valence-electron chi connectivity index (χ4n) is 5.36. The van der Waals surface area contributed by atoms with Crippen molar-refractivity contribution in [1.29, 1.82) is 0 Å². The molecule has 0 spiro atoms. The molecule has 13 nitrogen and oxygen atoms in total. The first-order valence-electron chi connectivity index (χ1n) is 18.1. The molecule has 0 saturated heterocycles. The summed E-state index contributed by atoms with van der Waals surface area (Å²) in [5, 5.41) is 17.3. The fourth-order valence-corrected chi connectivity index (χ4v) is 7.02. The van der Waals surface area contributed by atoms with Crippen molar-refractivity contribution in [3.63, 3.8) is 0 Å². The van der Waals surface area contributed by atoms with Crippen LogP contribution in [0.15, 0.2) is 84.6 Å². The van der Waals surface area contributed by atoms with Crippen LogP contribution in [0.5, 0.6) is 11.8 Å². The summed E-state index contributed by atoms with van der Waals surface area (Å²) in [4.78, 5) is 50.3. The van der Waals surface area contributed by atoms with Gasteiger partial charge in [-0.05, 0) is 90.9 Å². The summed E-state index contributed by atoms with van der Waals surface area (Å²) in [5.74, 6) is 7.03. The molecule has 0 N–H and O–H groups in total. The van der Waals surface area contributed by atoms with Crippen LogP contribution < -0.4 is 14.6 Å². The van der Waals surface area contributed by atoms with Gasteiger partial charge in [0.1, 0.15) is 22.8 Å². The van der Waals surface area contributed by atoms with E-state index < -0.39 is 11.9 Å². The van der Waals surface area contributed by atoms with E-state index in [1.165, 1.54) is 48.3 Å². The first kappa shape index (κ1) is 48.4. The van der Waals surface area contributed by atoms with Crippen LogP contribution in [-0.4, -0.2) is 53.1 Å². The van der Waals surface area contributed by atoms with Gasteiger partial charge in [0, 0.05) is 40.0 Å². The summed E-state index contributed by atoms with van der Waals surface area (Å²) in [6, 6.07) is 16.9. The van der Waals surface area contributed by atoms with Crippen molar-refractivity contribution in [2.75, 3.05) is 0 Å². The molecule has 0 amide bonds. The Bertz CT molecular complexity index is 2670. The van der Waals surface area contributed by atoms with E-state index in [4.69, 9.17) is 14.9 Å². The van der Waals surface area contributed by atoms with Crippen molar-refractivity contribution in [1.82, 2.24) is 40.1 Å². The van der Waals surface area contributed by atoms with E-state index in [1.54, 1.807) is 53.3 Å². The number of hydrogen-bond acceptors (Lipinski definition) is 14. The van der Waals surface area contributed by atoms with E-state index in [2.05, 4.69) is 82.5 Å². The number of pyridine rings is 3. The Morgan fingerprint density at radius 2 is 1.53 bits per heavy atom. The Morgan fingerprint density at radius 1 is 0.839 bits per heavy atom. The standard InChI is InChI=1S/C27H23N5O4S.C14H9F3N3S.CNS.Ru/c1-2-3-4-5-6-20-11-14-37-24(20)8-7-19-9-12-28-22(15-19)25-30-26(32-27(31-25)36-18-34)23-16-21(35-17-33)10-13-29-23;1-8-2-3-12(21-8)9-4-5-18-10(6-9)11-7-13(20-19-11)14(15,16)17;2-1-3;/h9-18H,2-6H2,1H3;2-7H,1H3;;/q;2*-1;+2. The predicted molar refractivity (Wildman–Crippen MR) is 228 cm³/mol. The van der Waals surface area contributed by atoms with Gasteiger partial charge in [0.25, 0.3) is 6.47 Å². The summed E-state index contributed by atoms with van der Waals surface area (Å²) in [5.41, 5.74) is 3.10. The number of rotatable bonds is 13. The van der Waals surface area contributed by atoms with E-state index in [-0.39, 0.29) is 55.1 Å². The van der Waals surface area contributed by atoms with Gasteiger partial charge in [-0.15, -0.1) is 22.7 Å². The average molecular weight is 981 g/mol. The zero-order chi connectivity index (χ0) is 43.6. The third-order valence-electron chi connectivity index (χ3n) is 8.15. The quantitative estimate of drug-likeness (QED) is 0.0267. The summed E-state index contributed by atoms with van der Waals surface area (Å²) in [6.45, 7) is 4.73. The number of alkyl halides is 3. The Morgan fingerprint density at radius 3 is 2.19 bits per heavy atom. The monoisotopic (exact) mass is 981 g/mol. The molecule has 7 aromatic heterocycles. The van der Waals surface area contributed by atoms with Gasteiger partial charge < -0.3 is 25.1 Å². The zero-order valence-electron chi connectivity index (χ0n) is 32.6. The molecule has 0 fully saturated rings. The molecule has 0 aliphatic heterocycles. The van der Waals surface area contributed by atoms with Gasteiger partial charge in [-0.2, -0.15) is 28.3 Å². The molecule has 7 aromatic rings. The van der Waals surface area contributed by atoms with Gasteiger partial charge in [0.2, 0.25) is 0 Å².